The molecule has 102 valence electrons. The topological polar surface area (TPSA) is 34.2 Å². The fourth-order valence-corrected chi connectivity index (χ4v) is 3.12. The van der Waals surface area contributed by atoms with Crippen LogP contribution in [0.4, 0.5) is 0 Å². The molecule has 0 aliphatic carbocycles. The van der Waals surface area contributed by atoms with Crippen molar-refractivity contribution >= 4 is 10.9 Å². The number of aryl methyl sites for hydroxylation is 1. The quantitative estimate of drug-likeness (QED) is 0.917. The fraction of sp³-hybridized carbons (Fsp3) is 0.500. The van der Waals surface area contributed by atoms with Crippen molar-refractivity contribution < 1.29 is 0 Å². The third-order valence-corrected chi connectivity index (χ3v) is 4.42. The Balaban J connectivity index is 2.14. The van der Waals surface area contributed by atoms with Gasteiger partial charge in [0.2, 0.25) is 0 Å². The molecule has 19 heavy (non-hydrogen) atoms. The maximum atomic E-state index is 6.25. The van der Waals surface area contributed by atoms with Crippen molar-refractivity contribution in [2.75, 3.05) is 6.54 Å². The largest absolute Gasteiger partial charge is 0.350 e. The van der Waals surface area contributed by atoms with Gasteiger partial charge in [0.1, 0.15) is 0 Å². The SMILES string of the molecule is CCC(N)c1cn(C)c2cc3c(cc12)CN(CC)C3. The predicted molar refractivity (Wildman–Crippen MR) is 79.9 cm³/mol. The van der Waals surface area contributed by atoms with Crippen LogP contribution in [0.15, 0.2) is 18.3 Å². The number of fused-ring (bicyclic) bond motifs is 2. The molecule has 1 aromatic carbocycles. The Kier molecular flexibility index (Phi) is 3.11. The van der Waals surface area contributed by atoms with E-state index >= 15 is 0 Å². The molecule has 3 nitrogen and oxygen atoms in total. The second kappa shape index (κ2) is 4.66. The summed E-state index contributed by atoms with van der Waals surface area (Å²) < 4.78 is 2.22. The molecule has 0 fully saturated rings. The van der Waals surface area contributed by atoms with Crippen LogP contribution in [0.5, 0.6) is 0 Å². The van der Waals surface area contributed by atoms with Gasteiger partial charge in [-0.2, -0.15) is 0 Å². The first-order valence-electron chi connectivity index (χ1n) is 7.22. The van der Waals surface area contributed by atoms with Gasteiger partial charge in [0.05, 0.1) is 0 Å². The van der Waals surface area contributed by atoms with Gasteiger partial charge in [-0.05, 0) is 41.8 Å². The molecule has 2 N–H and O–H groups in total. The van der Waals surface area contributed by atoms with Crippen molar-refractivity contribution in [2.24, 2.45) is 12.8 Å². The van der Waals surface area contributed by atoms with Crippen LogP contribution in [-0.4, -0.2) is 16.0 Å². The second-order valence-corrected chi connectivity index (χ2v) is 5.65. The maximum Gasteiger partial charge on any atom is 0.0484 e. The molecule has 0 amide bonds. The monoisotopic (exact) mass is 257 g/mol. The molecule has 2 heterocycles. The Hall–Kier alpha value is -1.32. The lowest BCUT2D eigenvalue weighted by atomic mass is 10.0. The van der Waals surface area contributed by atoms with Crippen molar-refractivity contribution in [3.63, 3.8) is 0 Å². The zero-order valence-electron chi connectivity index (χ0n) is 12.1. The number of hydrogen-bond acceptors (Lipinski definition) is 2. The first-order valence-corrected chi connectivity index (χ1v) is 7.22. The third kappa shape index (κ3) is 1.97. The molecule has 0 saturated heterocycles. The van der Waals surface area contributed by atoms with Gasteiger partial charge in [-0.1, -0.05) is 13.8 Å². The summed E-state index contributed by atoms with van der Waals surface area (Å²) in [5.41, 5.74) is 11.8. The van der Waals surface area contributed by atoms with Crippen molar-refractivity contribution in [3.05, 3.63) is 35.0 Å². The summed E-state index contributed by atoms with van der Waals surface area (Å²) in [6.07, 6.45) is 3.18. The Morgan fingerprint density at radius 1 is 1.21 bits per heavy atom. The highest BCUT2D eigenvalue weighted by Gasteiger charge is 2.21. The average Bonchev–Trinajstić information content (AvgIpc) is 2.97. The predicted octanol–water partition coefficient (Wildman–Crippen LogP) is 2.92. The zero-order chi connectivity index (χ0) is 13.6. The van der Waals surface area contributed by atoms with Gasteiger partial charge >= 0.3 is 0 Å². The van der Waals surface area contributed by atoms with Gasteiger partial charge in [-0.3, -0.25) is 4.90 Å². The van der Waals surface area contributed by atoms with E-state index in [-0.39, 0.29) is 6.04 Å². The molecule has 1 aliphatic heterocycles. The summed E-state index contributed by atoms with van der Waals surface area (Å²) in [4.78, 5) is 2.48. The first-order chi connectivity index (χ1) is 9.13. The summed E-state index contributed by atoms with van der Waals surface area (Å²) in [6.45, 7) is 7.66. The second-order valence-electron chi connectivity index (χ2n) is 5.65. The molecular formula is C16H23N3. The smallest absolute Gasteiger partial charge is 0.0484 e. The van der Waals surface area contributed by atoms with Gasteiger partial charge in [0.25, 0.3) is 0 Å². The average molecular weight is 257 g/mol. The molecule has 0 radical (unpaired) electrons. The summed E-state index contributed by atoms with van der Waals surface area (Å²) in [5, 5.41) is 1.34. The molecule has 1 unspecified atom stereocenters. The van der Waals surface area contributed by atoms with Crippen LogP contribution < -0.4 is 5.73 Å². The van der Waals surface area contributed by atoms with Crippen molar-refractivity contribution in [2.45, 2.75) is 39.4 Å². The number of benzene rings is 1. The Morgan fingerprint density at radius 2 is 1.89 bits per heavy atom. The molecule has 0 spiro atoms. The van der Waals surface area contributed by atoms with E-state index in [1.54, 1.807) is 0 Å². The molecule has 3 rings (SSSR count). The highest BCUT2D eigenvalue weighted by Crippen LogP contribution is 2.32. The Labute approximate surface area is 115 Å². The highest BCUT2D eigenvalue weighted by molar-refractivity contribution is 5.86. The standard InChI is InChI=1S/C16H23N3/c1-4-15(17)14-10-18(3)16-7-12-9-19(5-2)8-11(12)6-13(14)16/h6-7,10,15H,4-5,8-9,17H2,1-3H3. The lowest BCUT2D eigenvalue weighted by Gasteiger charge is -2.09. The van der Waals surface area contributed by atoms with Gasteiger partial charge in [-0.15, -0.1) is 0 Å². The molecular weight excluding hydrogens is 234 g/mol. The molecule has 0 bridgehead atoms. The first kappa shape index (κ1) is 12.7. The molecule has 1 atom stereocenters. The number of hydrogen-bond donors (Lipinski definition) is 1. The van der Waals surface area contributed by atoms with Crippen LogP contribution in [0.1, 0.15) is 43.0 Å². The van der Waals surface area contributed by atoms with Crippen LogP contribution in [-0.2, 0) is 20.1 Å². The molecule has 3 heteroatoms. The third-order valence-electron chi connectivity index (χ3n) is 4.42. The van der Waals surface area contributed by atoms with E-state index in [4.69, 9.17) is 5.73 Å². The Bertz CT molecular complexity index is 612. The van der Waals surface area contributed by atoms with E-state index in [1.807, 2.05) is 0 Å². The normalized spacial score (nSPS) is 17.1. The van der Waals surface area contributed by atoms with Gasteiger partial charge in [0.15, 0.2) is 0 Å². The highest BCUT2D eigenvalue weighted by atomic mass is 15.1. The van der Waals surface area contributed by atoms with Crippen molar-refractivity contribution in [1.29, 1.82) is 0 Å². The van der Waals surface area contributed by atoms with Crippen LogP contribution in [0.3, 0.4) is 0 Å². The van der Waals surface area contributed by atoms with E-state index < -0.39 is 0 Å². The minimum atomic E-state index is 0.144. The van der Waals surface area contributed by atoms with E-state index in [0.29, 0.717) is 0 Å². The Morgan fingerprint density at radius 3 is 2.53 bits per heavy atom. The minimum absolute atomic E-state index is 0.144. The fourth-order valence-electron chi connectivity index (χ4n) is 3.12. The van der Waals surface area contributed by atoms with Gasteiger partial charge < -0.3 is 10.3 Å². The number of rotatable bonds is 3. The van der Waals surface area contributed by atoms with Gasteiger partial charge in [-0.25, -0.2) is 0 Å². The van der Waals surface area contributed by atoms with Gasteiger partial charge in [0, 0.05) is 43.3 Å². The maximum absolute atomic E-state index is 6.25. The molecule has 1 aliphatic rings. The number of nitrogens with zero attached hydrogens (tertiary/aromatic N) is 2. The van der Waals surface area contributed by atoms with Crippen LogP contribution in [0, 0.1) is 0 Å². The molecule has 0 saturated carbocycles. The number of nitrogens with two attached hydrogens (primary N) is 1. The van der Waals surface area contributed by atoms with E-state index in [9.17, 15) is 0 Å². The van der Waals surface area contributed by atoms with E-state index in [0.717, 1.165) is 26.1 Å². The van der Waals surface area contributed by atoms with Crippen LogP contribution in [0.25, 0.3) is 10.9 Å². The van der Waals surface area contributed by atoms with Crippen molar-refractivity contribution in [1.82, 2.24) is 9.47 Å². The summed E-state index contributed by atoms with van der Waals surface area (Å²) in [5.74, 6) is 0. The minimum Gasteiger partial charge on any atom is -0.350 e. The summed E-state index contributed by atoms with van der Waals surface area (Å²) >= 11 is 0. The van der Waals surface area contributed by atoms with Crippen molar-refractivity contribution in [3.8, 4) is 0 Å². The zero-order valence-corrected chi connectivity index (χ0v) is 12.1. The molecule has 2 aromatic rings. The molecule has 1 aromatic heterocycles. The lowest BCUT2D eigenvalue weighted by Crippen LogP contribution is -2.14. The number of aromatic nitrogens is 1. The van der Waals surface area contributed by atoms with Crippen LogP contribution in [0.2, 0.25) is 0 Å². The summed E-state index contributed by atoms with van der Waals surface area (Å²) in [6, 6.07) is 4.86. The van der Waals surface area contributed by atoms with E-state index in [1.165, 1.54) is 27.6 Å². The lowest BCUT2D eigenvalue weighted by molar-refractivity contribution is 0.301. The summed E-state index contributed by atoms with van der Waals surface area (Å²) in [7, 11) is 2.12. The van der Waals surface area contributed by atoms with E-state index in [2.05, 4.69) is 48.7 Å². The van der Waals surface area contributed by atoms with Crippen LogP contribution >= 0.6 is 0 Å².